The van der Waals surface area contributed by atoms with Gasteiger partial charge in [-0.3, -0.25) is 4.90 Å². The molecule has 0 bridgehead atoms. The van der Waals surface area contributed by atoms with E-state index < -0.39 is 0 Å². The number of methoxy groups -OCH3 is 1. The van der Waals surface area contributed by atoms with Crippen LogP contribution in [0.1, 0.15) is 30.4 Å². The van der Waals surface area contributed by atoms with Crippen LogP contribution < -0.4 is 10.5 Å². The van der Waals surface area contributed by atoms with E-state index in [0.29, 0.717) is 11.3 Å². The summed E-state index contributed by atoms with van der Waals surface area (Å²) in [6.45, 7) is 3.97. The van der Waals surface area contributed by atoms with Gasteiger partial charge >= 0.3 is 0 Å². The van der Waals surface area contributed by atoms with Crippen LogP contribution in [0, 0.1) is 17.2 Å². The lowest BCUT2D eigenvalue weighted by molar-refractivity contribution is 0.163. The number of nitriles is 1. The summed E-state index contributed by atoms with van der Waals surface area (Å²) in [5.74, 6) is 1.40. The van der Waals surface area contributed by atoms with Crippen LogP contribution >= 0.6 is 0 Å². The summed E-state index contributed by atoms with van der Waals surface area (Å²) in [4.78, 5) is 2.48. The molecule has 0 spiro atoms. The molecule has 2 rings (SSSR count). The lowest BCUT2D eigenvalue weighted by atomic mass is 9.94. The molecule has 0 saturated carbocycles. The number of ether oxygens (including phenoxy) is 1. The zero-order valence-electron chi connectivity index (χ0n) is 12.1. The van der Waals surface area contributed by atoms with Crippen molar-refractivity contribution < 1.29 is 4.74 Å². The lowest BCUT2D eigenvalue weighted by Crippen LogP contribution is -2.35. The molecule has 0 radical (unpaired) electrons. The van der Waals surface area contributed by atoms with E-state index in [1.165, 1.54) is 18.4 Å². The Bertz CT molecular complexity index is 479. The van der Waals surface area contributed by atoms with Gasteiger partial charge in [-0.25, -0.2) is 0 Å². The molecule has 1 heterocycles. The lowest BCUT2D eigenvalue weighted by Gasteiger charge is -2.32. The molecule has 0 amide bonds. The number of benzene rings is 1. The Hall–Kier alpha value is -1.57. The van der Waals surface area contributed by atoms with Gasteiger partial charge in [0.25, 0.3) is 0 Å². The van der Waals surface area contributed by atoms with Crippen molar-refractivity contribution in [2.24, 2.45) is 11.7 Å². The summed E-state index contributed by atoms with van der Waals surface area (Å²) >= 11 is 0. The zero-order valence-corrected chi connectivity index (χ0v) is 12.1. The van der Waals surface area contributed by atoms with Gasteiger partial charge in [-0.2, -0.15) is 5.26 Å². The molecule has 108 valence electrons. The number of hydrogen-bond donors (Lipinski definition) is 1. The Morgan fingerprint density at radius 3 is 3.05 bits per heavy atom. The van der Waals surface area contributed by atoms with Gasteiger partial charge in [0.05, 0.1) is 12.7 Å². The molecule has 2 N–H and O–H groups in total. The molecule has 4 nitrogen and oxygen atoms in total. The number of hydrogen-bond acceptors (Lipinski definition) is 4. The Balaban J connectivity index is 2.01. The van der Waals surface area contributed by atoms with Crippen molar-refractivity contribution in [3.63, 3.8) is 0 Å². The fourth-order valence-electron chi connectivity index (χ4n) is 2.95. The number of nitrogens with two attached hydrogens (primary N) is 1. The minimum atomic E-state index is 0.593. The van der Waals surface area contributed by atoms with Gasteiger partial charge in [0.15, 0.2) is 0 Å². The Morgan fingerprint density at radius 1 is 1.50 bits per heavy atom. The van der Waals surface area contributed by atoms with Crippen molar-refractivity contribution in [3.8, 4) is 11.8 Å². The first-order valence-corrected chi connectivity index (χ1v) is 7.26. The highest BCUT2D eigenvalue weighted by Gasteiger charge is 2.19. The minimum absolute atomic E-state index is 0.593. The summed E-state index contributed by atoms with van der Waals surface area (Å²) in [7, 11) is 1.61. The smallest absolute Gasteiger partial charge is 0.136 e. The fourth-order valence-corrected chi connectivity index (χ4v) is 2.95. The Kier molecular flexibility index (Phi) is 5.40. The first-order chi connectivity index (χ1) is 9.76. The third-order valence-corrected chi connectivity index (χ3v) is 3.97. The Labute approximate surface area is 121 Å². The highest BCUT2D eigenvalue weighted by Crippen LogP contribution is 2.23. The molecular weight excluding hydrogens is 250 g/mol. The van der Waals surface area contributed by atoms with Crippen molar-refractivity contribution in [1.29, 1.82) is 5.26 Å². The van der Waals surface area contributed by atoms with Gasteiger partial charge in [-0.05, 0) is 56.0 Å². The minimum Gasteiger partial charge on any atom is -0.495 e. The molecule has 1 aromatic rings. The molecule has 1 fully saturated rings. The maximum absolute atomic E-state index is 9.00. The monoisotopic (exact) mass is 273 g/mol. The van der Waals surface area contributed by atoms with Crippen LogP contribution in [-0.2, 0) is 6.54 Å². The van der Waals surface area contributed by atoms with Crippen molar-refractivity contribution in [2.75, 3.05) is 26.7 Å². The van der Waals surface area contributed by atoms with Crippen LogP contribution in [0.25, 0.3) is 0 Å². The second-order valence-electron chi connectivity index (χ2n) is 5.47. The van der Waals surface area contributed by atoms with Crippen LogP contribution in [0.5, 0.6) is 5.75 Å². The third kappa shape index (κ3) is 3.72. The summed E-state index contributed by atoms with van der Waals surface area (Å²) in [6, 6.07) is 7.99. The third-order valence-electron chi connectivity index (χ3n) is 3.97. The van der Waals surface area contributed by atoms with E-state index in [1.54, 1.807) is 7.11 Å². The van der Waals surface area contributed by atoms with E-state index in [9.17, 15) is 0 Å². The summed E-state index contributed by atoms with van der Waals surface area (Å²) in [6.07, 6.45) is 3.66. The first-order valence-electron chi connectivity index (χ1n) is 7.26. The number of nitrogens with zero attached hydrogens (tertiary/aromatic N) is 2. The van der Waals surface area contributed by atoms with Gasteiger partial charge in [-0.15, -0.1) is 0 Å². The van der Waals surface area contributed by atoms with Crippen molar-refractivity contribution >= 4 is 0 Å². The molecule has 20 heavy (non-hydrogen) atoms. The van der Waals surface area contributed by atoms with Gasteiger partial charge < -0.3 is 10.5 Å². The molecule has 1 saturated heterocycles. The second kappa shape index (κ2) is 7.28. The van der Waals surface area contributed by atoms with E-state index >= 15 is 0 Å². The van der Waals surface area contributed by atoms with E-state index in [2.05, 4.69) is 11.0 Å². The number of rotatable bonds is 5. The molecule has 1 aromatic carbocycles. The average molecular weight is 273 g/mol. The van der Waals surface area contributed by atoms with Crippen molar-refractivity contribution in [2.45, 2.75) is 25.8 Å². The molecule has 0 aromatic heterocycles. The predicted octanol–water partition coefficient (Wildman–Crippen LogP) is 2.13. The summed E-state index contributed by atoms with van der Waals surface area (Å²) in [5, 5.41) is 9.00. The largest absolute Gasteiger partial charge is 0.495 e. The molecular formula is C16H23N3O. The molecule has 1 unspecified atom stereocenters. The van der Waals surface area contributed by atoms with E-state index in [0.717, 1.165) is 38.5 Å². The normalized spacial score (nSPS) is 19.6. The average Bonchev–Trinajstić information content (AvgIpc) is 2.48. The maximum atomic E-state index is 9.00. The first kappa shape index (κ1) is 14.8. The zero-order chi connectivity index (χ0) is 14.4. The van der Waals surface area contributed by atoms with Crippen LogP contribution in [0.4, 0.5) is 0 Å². The molecule has 1 aliphatic heterocycles. The summed E-state index contributed by atoms with van der Waals surface area (Å²) < 4.78 is 5.27. The van der Waals surface area contributed by atoms with Gasteiger partial charge in [0.2, 0.25) is 0 Å². The standard InChI is InChI=1S/C16H23N3O/c1-20-16-9-14(4-5-15(16)10-18)12-19-8-2-3-13(11-19)6-7-17/h4-5,9,13H,2-3,6-8,11-12,17H2,1H3. The molecule has 0 aliphatic carbocycles. The molecule has 1 aliphatic rings. The maximum Gasteiger partial charge on any atom is 0.136 e. The predicted molar refractivity (Wildman–Crippen MR) is 79.4 cm³/mol. The topological polar surface area (TPSA) is 62.3 Å². The van der Waals surface area contributed by atoms with Gasteiger partial charge in [-0.1, -0.05) is 6.07 Å². The SMILES string of the molecule is COc1cc(CN2CCCC(CCN)C2)ccc1C#N. The second-order valence-corrected chi connectivity index (χ2v) is 5.47. The van der Waals surface area contributed by atoms with Crippen LogP contribution in [0.15, 0.2) is 18.2 Å². The number of likely N-dealkylation sites (tertiary alicyclic amines) is 1. The highest BCUT2D eigenvalue weighted by molar-refractivity contribution is 5.45. The van der Waals surface area contributed by atoms with E-state index in [4.69, 9.17) is 15.7 Å². The van der Waals surface area contributed by atoms with Gasteiger partial charge in [0, 0.05) is 13.1 Å². The van der Waals surface area contributed by atoms with Gasteiger partial charge in [0.1, 0.15) is 11.8 Å². The molecule has 1 atom stereocenters. The number of piperidine rings is 1. The highest BCUT2D eigenvalue weighted by atomic mass is 16.5. The van der Waals surface area contributed by atoms with Crippen LogP contribution in [0.3, 0.4) is 0 Å². The van der Waals surface area contributed by atoms with Crippen molar-refractivity contribution in [1.82, 2.24) is 4.90 Å². The van der Waals surface area contributed by atoms with E-state index in [1.807, 2.05) is 18.2 Å². The quantitative estimate of drug-likeness (QED) is 0.892. The van der Waals surface area contributed by atoms with E-state index in [-0.39, 0.29) is 0 Å². The Morgan fingerprint density at radius 2 is 2.35 bits per heavy atom. The molecule has 4 heteroatoms. The summed E-state index contributed by atoms with van der Waals surface area (Å²) in [5.41, 5.74) is 7.46. The fraction of sp³-hybridized carbons (Fsp3) is 0.562. The van der Waals surface area contributed by atoms with Crippen LogP contribution in [0.2, 0.25) is 0 Å². The van der Waals surface area contributed by atoms with Crippen molar-refractivity contribution in [3.05, 3.63) is 29.3 Å². The van der Waals surface area contributed by atoms with Crippen LogP contribution in [-0.4, -0.2) is 31.6 Å².